The highest BCUT2D eigenvalue weighted by Crippen LogP contribution is 2.25. The van der Waals surface area contributed by atoms with Crippen molar-refractivity contribution in [2.24, 2.45) is 7.05 Å². The fourth-order valence-corrected chi connectivity index (χ4v) is 3.73. The molecule has 0 atom stereocenters. The second-order valence-electron chi connectivity index (χ2n) is 7.21. The SMILES string of the molecule is Cn1c(-c2ccccc2)n[n+]2c(-c3ccccc3)cc(-c3ccccc3)cc2c1=O. The third-order valence-corrected chi connectivity index (χ3v) is 5.29. The van der Waals surface area contributed by atoms with E-state index in [0.29, 0.717) is 11.3 Å². The molecule has 0 bridgehead atoms. The number of pyridine rings is 1. The molecule has 0 aliphatic rings. The average molecular weight is 390 g/mol. The summed E-state index contributed by atoms with van der Waals surface area (Å²) in [5.41, 5.74) is 5.29. The number of hydrogen-bond donors (Lipinski definition) is 0. The smallest absolute Gasteiger partial charge is 0.285 e. The average Bonchev–Trinajstić information content (AvgIpc) is 2.82. The van der Waals surface area contributed by atoms with E-state index in [1.165, 1.54) is 0 Å². The predicted molar refractivity (Wildman–Crippen MR) is 119 cm³/mol. The fraction of sp³-hybridized carbons (Fsp3) is 0.0385. The normalized spacial score (nSPS) is 11.0. The van der Waals surface area contributed by atoms with Crippen LogP contribution < -0.4 is 10.1 Å². The van der Waals surface area contributed by atoms with Crippen LogP contribution in [0.3, 0.4) is 0 Å². The lowest BCUT2D eigenvalue weighted by Gasteiger charge is -2.08. The van der Waals surface area contributed by atoms with E-state index in [2.05, 4.69) is 18.2 Å². The molecule has 5 aromatic rings. The maximum atomic E-state index is 13.4. The molecule has 2 heterocycles. The van der Waals surface area contributed by atoms with Crippen molar-refractivity contribution in [1.29, 1.82) is 0 Å². The van der Waals surface area contributed by atoms with Gasteiger partial charge in [-0.25, -0.2) is 0 Å². The summed E-state index contributed by atoms with van der Waals surface area (Å²) in [7, 11) is 1.77. The van der Waals surface area contributed by atoms with Gasteiger partial charge in [-0.3, -0.25) is 9.36 Å². The van der Waals surface area contributed by atoms with Gasteiger partial charge in [0.1, 0.15) is 0 Å². The molecule has 0 unspecified atom stereocenters. The topological polar surface area (TPSA) is 39.0 Å². The lowest BCUT2D eigenvalue weighted by atomic mass is 10.0. The van der Waals surface area contributed by atoms with E-state index in [9.17, 15) is 4.79 Å². The van der Waals surface area contributed by atoms with Gasteiger partial charge in [-0.1, -0.05) is 78.9 Å². The van der Waals surface area contributed by atoms with Crippen molar-refractivity contribution in [2.45, 2.75) is 0 Å². The molecule has 0 N–H and O–H groups in total. The van der Waals surface area contributed by atoms with Crippen LogP contribution in [0.4, 0.5) is 0 Å². The third-order valence-electron chi connectivity index (χ3n) is 5.29. The van der Waals surface area contributed by atoms with Crippen molar-refractivity contribution >= 4 is 5.52 Å². The van der Waals surface area contributed by atoms with E-state index in [-0.39, 0.29) is 5.56 Å². The van der Waals surface area contributed by atoms with Crippen LogP contribution in [0.1, 0.15) is 0 Å². The summed E-state index contributed by atoms with van der Waals surface area (Å²) in [5, 5.41) is 4.90. The highest BCUT2D eigenvalue weighted by atomic mass is 16.1. The van der Waals surface area contributed by atoms with E-state index < -0.39 is 0 Å². The van der Waals surface area contributed by atoms with E-state index >= 15 is 0 Å². The summed E-state index contributed by atoms with van der Waals surface area (Å²) in [6.07, 6.45) is 0. The molecule has 0 radical (unpaired) electrons. The van der Waals surface area contributed by atoms with E-state index in [4.69, 9.17) is 5.10 Å². The molecule has 0 aliphatic heterocycles. The minimum atomic E-state index is -0.0844. The molecule has 2 aromatic heterocycles. The fourth-order valence-electron chi connectivity index (χ4n) is 3.73. The van der Waals surface area contributed by atoms with Crippen LogP contribution in [0.15, 0.2) is 108 Å². The van der Waals surface area contributed by atoms with Crippen molar-refractivity contribution in [1.82, 2.24) is 9.67 Å². The van der Waals surface area contributed by atoms with Gasteiger partial charge in [-0.15, -0.1) is 0 Å². The van der Waals surface area contributed by atoms with Crippen LogP contribution in [0.5, 0.6) is 0 Å². The molecule has 3 aromatic carbocycles. The van der Waals surface area contributed by atoms with E-state index in [1.807, 2.05) is 84.9 Å². The molecule has 5 rings (SSSR count). The Bertz CT molecular complexity index is 1390. The summed E-state index contributed by atoms with van der Waals surface area (Å²) < 4.78 is 3.39. The van der Waals surface area contributed by atoms with Crippen LogP contribution in [0.25, 0.3) is 39.3 Å². The number of fused-ring (bicyclic) bond motifs is 1. The first-order valence-electron chi connectivity index (χ1n) is 9.86. The van der Waals surface area contributed by atoms with Crippen molar-refractivity contribution < 1.29 is 4.52 Å². The third kappa shape index (κ3) is 3.08. The zero-order valence-electron chi connectivity index (χ0n) is 16.6. The first-order chi connectivity index (χ1) is 14.7. The minimum absolute atomic E-state index is 0.0844. The van der Waals surface area contributed by atoms with Crippen LogP contribution in [0.2, 0.25) is 0 Å². The molecule has 144 valence electrons. The molecule has 0 saturated heterocycles. The minimum Gasteiger partial charge on any atom is -0.285 e. The number of benzene rings is 3. The number of nitrogens with zero attached hydrogens (tertiary/aromatic N) is 3. The van der Waals surface area contributed by atoms with Gasteiger partial charge < -0.3 is 0 Å². The van der Waals surface area contributed by atoms with Crippen molar-refractivity contribution in [2.75, 3.05) is 0 Å². The predicted octanol–water partition coefficient (Wildman–Crippen LogP) is 4.52. The van der Waals surface area contributed by atoms with Crippen molar-refractivity contribution in [3.63, 3.8) is 0 Å². The summed E-state index contributed by atoms with van der Waals surface area (Å²) in [5.74, 6) is 0.628. The Morgan fingerprint density at radius 2 is 1.20 bits per heavy atom. The Balaban J connectivity index is 1.88. The molecule has 30 heavy (non-hydrogen) atoms. The summed E-state index contributed by atoms with van der Waals surface area (Å²) in [4.78, 5) is 13.4. The quantitative estimate of drug-likeness (QED) is 0.425. The second-order valence-corrected chi connectivity index (χ2v) is 7.21. The lowest BCUT2D eigenvalue weighted by molar-refractivity contribution is -0.569. The Labute approximate surface area is 174 Å². The van der Waals surface area contributed by atoms with E-state index in [0.717, 1.165) is 27.9 Å². The van der Waals surface area contributed by atoms with Crippen molar-refractivity contribution in [3.05, 3.63) is 113 Å². The highest BCUT2D eigenvalue weighted by Gasteiger charge is 2.23. The number of hydrogen-bond acceptors (Lipinski definition) is 2. The van der Waals surface area contributed by atoms with Crippen LogP contribution in [0, 0.1) is 0 Å². The zero-order chi connectivity index (χ0) is 20.5. The molecular weight excluding hydrogens is 370 g/mol. The van der Waals surface area contributed by atoms with Gasteiger partial charge in [-0.2, -0.15) is 0 Å². The Kier molecular flexibility index (Phi) is 4.45. The number of aromatic nitrogens is 3. The van der Waals surface area contributed by atoms with Gasteiger partial charge in [0.05, 0.1) is 0 Å². The summed E-state index contributed by atoms with van der Waals surface area (Å²) >= 11 is 0. The van der Waals surface area contributed by atoms with E-state index in [1.54, 1.807) is 16.1 Å². The Morgan fingerprint density at radius 3 is 1.80 bits per heavy atom. The molecular formula is C26H20N3O+. The van der Waals surface area contributed by atoms with Gasteiger partial charge in [0.15, 0.2) is 0 Å². The largest absolute Gasteiger partial charge is 0.327 e. The molecule has 0 aliphatic carbocycles. The first kappa shape index (κ1) is 18.0. The Morgan fingerprint density at radius 1 is 0.667 bits per heavy atom. The van der Waals surface area contributed by atoms with Gasteiger partial charge in [0.2, 0.25) is 11.5 Å². The van der Waals surface area contributed by atoms with Crippen LogP contribution in [-0.4, -0.2) is 9.67 Å². The maximum absolute atomic E-state index is 13.4. The summed E-state index contributed by atoms with van der Waals surface area (Å²) in [6, 6.07) is 34.0. The van der Waals surface area contributed by atoms with Gasteiger partial charge >= 0.3 is 11.1 Å². The first-order valence-corrected chi connectivity index (χ1v) is 9.86. The van der Waals surface area contributed by atoms with Crippen molar-refractivity contribution in [3.8, 4) is 33.8 Å². The second kappa shape index (κ2) is 7.41. The lowest BCUT2D eigenvalue weighted by Crippen LogP contribution is -2.40. The molecule has 0 fully saturated rings. The summed E-state index contributed by atoms with van der Waals surface area (Å²) in [6.45, 7) is 0. The standard InChI is InChI=1S/C26H20N3O/c1-28-25(21-15-9-4-10-16-21)27-29-23(20-13-7-3-8-14-20)17-22(18-24(29)26(28)30)19-11-5-2-6-12-19/h2-18H,1H3/q+1. The Hall–Kier alpha value is -4.05. The molecule has 0 spiro atoms. The van der Waals surface area contributed by atoms with Gasteiger partial charge in [0.25, 0.3) is 0 Å². The highest BCUT2D eigenvalue weighted by molar-refractivity contribution is 5.72. The van der Waals surface area contributed by atoms with Crippen LogP contribution >= 0.6 is 0 Å². The zero-order valence-corrected chi connectivity index (χ0v) is 16.6. The molecule has 4 nitrogen and oxygen atoms in total. The maximum Gasteiger partial charge on any atom is 0.327 e. The van der Waals surface area contributed by atoms with Gasteiger partial charge in [-0.05, 0) is 27.8 Å². The monoisotopic (exact) mass is 390 g/mol. The molecule has 0 saturated carbocycles. The number of rotatable bonds is 3. The van der Waals surface area contributed by atoms with Crippen LogP contribution in [-0.2, 0) is 7.05 Å². The molecule has 4 heteroatoms. The van der Waals surface area contributed by atoms with Gasteiger partial charge in [0, 0.05) is 35.4 Å². The molecule has 0 amide bonds.